The zero-order valence-corrected chi connectivity index (χ0v) is 15.8. The highest BCUT2D eigenvalue weighted by molar-refractivity contribution is 7.89. The second-order valence-corrected chi connectivity index (χ2v) is 7.83. The zero-order chi connectivity index (χ0) is 19.9. The Morgan fingerprint density at radius 1 is 1.26 bits per heavy atom. The van der Waals surface area contributed by atoms with Crippen LogP contribution in [0.5, 0.6) is 0 Å². The van der Waals surface area contributed by atoms with Crippen LogP contribution in [0.3, 0.4) is 0 Å². The maximum Gasteiger partial charge on any atom is 0.303 e. The molecule has 0 spiro atoms. The standard InChI is InChI=1S/C16H19ClN4O5S/c17-12-3-5-13(6-4-12)27(25,26)20-14(10-21-9-8-18-11-21)16(24)19-7-1-2-15(22)23/h3-6,8-9,11,14,20H,1-2,7,10H2,(H,19,24)(H,22,23). The first-order valence-electron chi connectivity index (χ1n) is 8.01. The summed E-state index contributed by atoms with van der Waals surface area (Å²) in [5, 5.41) is 11.6. The van der Waals surface area contributed by atoms with Crippen molar-refractivity contribution in [2.75, 3.05) is 6.54 Å². The number of hydrogen-bond acceptors (Lipinski definition) is 5. The lowest BCUT2D eigenvalue weighted by atomic mass is 10.2. The molecule has 1 aromatic heterocycles. The van der Waals surface area contributed by atoms with Gasteiger partial charge in [0, 0.05) is 36.9 Å². The Balaban J connectivity index is 2.10. The summed E-state index contributed by atoms with van der Waals surface area (Å²) in [6, 6.07) is 4.44. The van der Waals surface area contributed by atoms with E-state index in [1.54, 1.807) is 10.8 Å². The number of rotatable bonds is 10. The van der Waals surface area contributed by atoms with Crippen molar-refractivity contribution in [1.82, 2.24) is 19.6 Å². The predicted octanol–water partition coefficient (Wildman–Crippen LogP) is 0.865. The highest BCUT2D eigenvalue weighted by atomic mass is 35.5. The van der Waals surface area contributed by atoms with Crippen molar-refractivity contribution in [3.63, 3.8) is 0 Å². The molecule has 0 radical (unpaired) electrons. The molecule has 146 valence electrons. The molecule has 2 aromatic rings. The summed E-state index contributed by atoms with van der Waals surface area (Å²) in [4.78, 5) is 26.8. The van der Waals surface area contributed by atoms with Crippen molar-refractivity contribution < 1.29 is 23.1 Å². The van der Waals surface area contributed by atoms with Gasteiger partial charge in [-0.15, -0.1) is 0 Å². The Morgan fingerprint density at radius 2 is 1.96 bits per heavy atom. The van der Waals surface area contributed by atoms with Crippen LogP contribution in [0.1, 0.15) is 12.8 Å². The lowest BCUT2D eigenvalue weighted by molar-refractivity contribution is -0.137. The smallest absolute Gasteiger partial charge is 0.303 e. The van der Waals surface area contributed by atoms with Crippen molar-refractivity contribution in [3.05, 3.63) is 48.0 Å². The highest BCUT2D eigenvalue weighted by Gasteiger charge is 2.26. The summed E-state index contributed by atoms with van der Waals surface area (Å²) in [5.74, 6) is -1.53. The Hall–Kier alpha value is -2.43. The molecule has 11 heteroatoms. The van der Waals surface area contributed by atoms with Gasteiger partial charge in [0.15, 0.2) is 0 Å². The first kappa shape index (κ1) is 20.9. The summed E-state index contributed by atoms with van der Waals surface area (Å²) in [6.45, 7) is 0.145. The minimum absolute atomic E-state index is 0.0254. The molecule has 1 amide bonds. The molecule has 1 atom stereocenters. The minimum Gasteiger partial charge on any atom is -0.481 e. The van der Waals surface area contributed by atoms with Gasteiger partial charge in [0.2, 0.25) is 15.9 Å². The molecule has 27 heavy (non-hydrogen) atoms. The van der Waals surface area contributed by atoms with Gasteiger partial charge in [-0.25, -0.2) is 13.4 Å². The van der Waals surface area contributed by atoms with Crippen molar-refractivity contribution in [3.8, 4) is 0 Å². The number of halogens is 1. The van der Waals surface area contributed by atoms with Gasteiger partial charge in [-0.2, -0.15) is 4.72 Å². The molecule has 0 saturated heterocycles. The highest BCUT2D eigenvalue weighted by Crippen LogP contribution is 2.14. The third-order valence-electron chi connectivity index (χ3n) is 3.56. The quantitative estimate of drug-likeness (QED) is 0.494. The topological polar surface area (TPSA) is 130 Å². The van der Waals surface area contributed by atoms with Crippen molar-refractivity contribution in [1.29, 1.82) is 0 Å². The van der Waals surface area contributed by atoms with Crippen molar-refractivity contribution in [2.45, 2.75) is 30.3 Å². The number of carboxylic acid groups (broad SMARTS) is 1. The van der Waals surface area contributed by atoms with Crippen molar-refractivity contribution >= 4 is 33.5 Å². The summed E-state index contributed by atoms with van der Waals surface area (Å²) in [5.41, 5.74) is 0. The second-order valence-electron chi connectivity index (χ2n) is 5.68. The molecule has 9 nitrogen and oxygen atoms in total. The number of carbonyl (C=O) groups excluding carboxylic acids is 1. The van der Waals surface area contributed by atoms with Gasteiger partial charge in [0.25, 0.3) is 0 Å². The molecule has 0 aliphatic carbocycles. The van der Waals surface area contributed by atoms with Crippen LogP contribution in [0.15, 0.2) is 47.9 Å². The zero-order valence-electron chi connectivity index (χ0n) is 14.2. The van der Waals surface area contributed by atoms with E-state index >= 15 is 0 Å². The van der Waals surface area contributed by atoms with E-state index in [2.05, 4.69) is 15.0 Å². The van der Waals surface area contributed by atoms with Gasteiger partial charge in [-0.3, -0.25) is 9.59 Å². The van der Waals surface area contributed by atoms with Gasteiger partial charge in [-0.1, -0.05) is 11.6 Å². The fraction of sp³-hybridized carbons (Fsp3) is 0.312. The van der Waals surface area contributed by atoms with Gasteiger partial charge in [0.05, 0.1) is 11.2 Å². The van der Waals surface area contributed by atoms with E-state index in [4.69, 9.17) is 16.7 Å². The van der Waals surface area contributed by atoms with Crippen LogP contribution in [0.4, 0.5) is 0 Å². The summed E-state index contributed by atoms with van der Waals surface area (Å²) < 4.78 is 29.1. The van der Waals surface area contributed by atoms with Gasteiger partial charge in [-0.05, 0) is 30.7 Å². The molecule has 0 fully saturated rings. The molecule has 0 bridgehead atoms. The van der Waals surface area contributed by atoms with Crippen LogP contribution in [0.25, 0.3) is 0 Å². The monoisotopic (exact) mass is 414 g/mol. The Kier molecular flexibility index (Phi) is 7.34. The van der Waals surface area contributed by atoms with Crippen LogP contribution >= 0.6 is 11.6 Å². The molecule has 0 saturated carbocycles. The number of amides is 1. The van der Waals surface area contributed by atoms with Crippen LogP contribution in [-0.2, 0) is 26.2 Å². The first-order chi connectivity index (χ1) is 12.8. The number of benzene rings is 1. The molecule has 1 heterocycles. The van der Waals surface area contributed by atoms with Crippen LogP contribution < -0.4 is 10.0 Å². The molecular formula is C16H19ClN4O5S. The van der Waals surface area contributed by atoms with Gasteiger partial charge in [0.1, 0.15) is 6.04 Å². The summed E-state index contributed by atoms with van der Waals surface area (Å²) >= 11 is 5.77. The average Bonchev–Trinajstić information content (AvgIpc) is 3.11. The SMILES string of the molecule is O=C(O)CCCNC(=O)C(Cn1ccnc1)NS(=O)(=O)c1ccc(Cl)cc1. The molecule has 0 aliphatic rings. The molecular weight excluding hydrogens is 396 g/mol. The lowest BCUT2D eigenvalue weighted by Crippen LogP contribution is -2.49. The summed E-state index contributed by atoms with van der Waals surface area (Å²) in [6.07, 6.45) is 4.71. The molecule has 1 aromatic carbocycles. The molecule has 3 N–H and O–H groups in total. The fourth-order valence-corrected chi connectivity index (χ4v) is 3.54. The number of hydrogen-bond donors (Lipinski definition) is 3. The number of imidazole rings is 1. The molecule has 2 rings (SSSR count). The van der Waals surface area contributed by atoms with E-state index < -0.39 is 27.9 Å². The number of carbonyl (C=O) groups is 2. The van der Waals surface area contributed by atoms with Crippen LogP contribution in [-0.4, -0.2) is 47.5 Å². The van der Waals surface area contributed by atoms with E-state index in [9.17, 15) is 18.0 Å². The van der Waals surface area contributed by atoms with Gasteiger partial charge < -0.3 is 15.0 Å². The number of aromatic nitrogens is 2. The molecule has 0 aliphatic heterocycles. The third-order valence-corrected chi connectivity index (χ3v) is 5.30. The number of aliphatic carboxylic acids is 1. The normalized spacial score (nSPS) is 12.5. The van der Waals surface area contributed by atoms with E-state index in [1.165, 1.54) is 36.8 Å². The Bertz CT molecular complexity index is 869. The molecule has 1 unspecified atom stereocenters. The third kappa shape index (κ3) is 6.66. The number of nitrogens with zero attached hydrogens (tertiary/aromatic N) is 2. The van der Waals surface area contributed by atoms with Crippen molar-refractivity contribution in [2.24, 2.45) is 0 Å². The number of sulfonamides is 1. The Morgan fingerprint density at radius 3 is 2.56 bits per heavy atom. The minimum atomic E-state index is -3.97. The van der Waals surface area contributed by atoms with E-state index in [1.807, 2.05) is 0 Å². The lowest BCUT2D eigenvalue weighted by Gasteiger charge is -2.19. The largest absolute Gasteiger partial charge is 0.481 e. The Labute approximate surface area is 161 Å². The second kappa shape index (κ2) is 9.49. The maximum absolute atomic E-state index is 12.6. The van der Waals surface area contributed by atoms with Crippen LogP contribution in [0.2, 0.25) is 5.02 Å². The number of carboxylic acids is 1. The number of nitrogens with one attached hydrogen (secondary N) is 2. The van der Waals surface area contributed by atoms with E-state index in [0.717, 1.165) is 0 Å². The first-order valence-corrected chi connectivity index (χ1v) is 9.87. The van der Waals surface area contributed by atoms with Gasteiger partial charge >= 0.3 is 5.97 Å². The maximum atomic E-state index is 12.6. The van der Waals surface area contributed by atoms with E-state index in [-0.39, 0.29) is 30.8 Å². The fourth-order valence-electron chi connectivity index (χ4n) is 2.22. The van der Waals surface area contributed by atoms with Crippen LogP contribution in [0, 0.1) is 0 Å². The predicted molar refractivity (Wildman–Crippen MR) is 97.7 cm³/mol. The van der Waals surface area contributed by atoms with E-state index in [0.29, 0.717) is 5.02 Å². The summed E-state index contributed by atoms with van der Waals surface area (Å²) in [7, 11) is -3.97. The average molecular weight is 415 g/mol.